The minimum atomic E-state index is -0.341. The number of phenols is 1. The standard InChI is InChI=1S/C15H9NO2S/c17-12-5-8-1-2-11-15(10(8)6-13(12)18)9-3-4-19-14(9)7-16-11/h1-7,16-17H. The van der Waals surface area contributed by atoms with Crippen molar-refractivity contribution in [2.75, 3.05) is 0 Å². The molecular formula is C15H9NO2S. The van der Waals surface area contributed by atoms with Crippen LogP contribution in [0.15, 0.2) is 46.7 Å². The highest BCUT2D eigenvalue weighted by Crippen LogP contribution is 2.33. The molecule has 2 aromatic carbocycles. The summed E-state index contributed by atoms with van der Waals surface area (Å²) in [7, 11) is 0. The van der Waals surface area contributed by atoms with Crippen LogP contribution < -0.4 is 5.43 Å². The molecule has 2 heterocycles. The van der Waals surface area contributed by atoms with Crippen molar-refractivity contribution >= 4 is 43.1 Å². The molecule has 0 radical (unpaired) electrons. The van der Waals surface area contributed by atoms with E-state index < -0.39 is 0 Å². The number of rotatable bonds is 0. The van der Waals surface area contributed by atoms with Crippen molar-refractivity contribution in [1.82, 2.24) is 4.98 Å². The Balaban J connectivity index is 2.38. The van der Waals surface area contributed by atoms with Crippen LogP contribution in [-0.4, -0.2) is 10.1 Å². The summed E-state index contributed by atoms with van der Waals surface area (Å²) in [4.78, 5) is 14.9. The fraction of sp³-hybridized carbons (Fsp3) is 0. The Morgan fingerprint density at radius 2 is 2.00 bits per heavy atom. The number of hydrogen-bond donors (Lipinski definition) is 2. The van der Waals surface area contributed by atoms with Crippen LogP contribution in [0.25, 0.3) is 31.8 Å². The van der Waals surface area contributed by atoms with Crippen molar-refractivity contribution in [2.24, 2.45) is 0 Å². The molecule has 0 saturated heterocycles. The van der Waals surface area contributed by atoms with Gasteiger partial charge in [-0.05, 0) is 40.4 Å². The highest BCUT2D eigenvalue weighted by molar-refractivity contribution is 7.17. The molecule has 92 valence electrons. The zero-order valence-electron chi connectivity index (χ0n) is 9.81. The predicted octanol–water partition coefficient (Wildman–Crippen LogP) is 3.60. The van der Waals surface area contributed by atoms with Gasteiger partial charge in [-0.2, -0.15) is 0 Å². The lowest BCUT2D eigenvalue weighted by Crippen LogP contribution is -1.97. The third kappa shape index (κ3) is 1.40. The maximum Gasteiger partial charge on any atom is 0.220 e. The van der Waals surface area contributed by atoms with E-state index in [1.807, 2.05) is 23.7 Å². The Bertz CT molecular complexity index is 997. The summed E-state index contributed by atoms with van der Waals surface area (Å²) in [6.45, 7) is 0. The molecular weight excluding hydrogens is 258 g/mol. The summed E-state index contributed by atoms with van der Waals surface area (Å²) in [5.74, 6) is -0.201. The number of aromatic hydroxyl groups is 1. The first-order chi connectivity index (χ1) is 9.24. The van der Waals surface area contributed by atoms with Gasteiger partial charge in [-0.1, -0.05) is 6.07 Å². The molecule has 2 N–H and O–H groups in total. The Morgan fingerprint density at radius 3 is 2.89 bits per heavy atom. The largest absolute Gasteiger partial charge is 0.504 e. The first-order valence-electron chi connectivity index (χ1n) is 5.88. The molecule has 3 nitrogen and oxygen atoms in total. The Labute approximate surface area is 111 Å². The van der Waals surface area contributed by atoms with E-state index in [1.165, 1.54) is 12.1 Å². The molecule has 0 fully saturated rings. The number of aromatic nitrogens is 1. The molecule has 19 heavy (non-hydrogen) atoms. The number of thiophene rings is 1. The molecule has 0 saturated carbocycles. The summed E-state index contributed by atoms with van der Waals surface area (Å²) in [6, 6.07) is 8.98. The van der Waals surface area contributed by atoms with E-state index in [4.69, 9.17) is 0 Å². The monoisotopic (exact) mass is 267 g/mol. The normalized spacial score (nSPS) is 11.6. The third-order valence-corrected chi connectivity index (χ3v) is 4.29. The fourth-order valence-corrected chi connectivity index (χ4v) is 3.31. The summed E-state index contributed by atoms with van der Waals surface area (Å²) < 4.78 is 1.15. The highest BCUT2D eigenvalue weighted by Gasteiger charge is 2.08. The van der Waals surface area contributed by atoms with Crippen LogP contribution in [0.5, 0.6) is 5.75 Å². The smallest absolute Gasteiger partial charge is 0.220 e. The van der Waals surface area contributed by atoms with E-state index in [1.54, 1.807) is 11.3 Å². The van der Waals surface area contributed by atoms with Crippen LogP contribution >= 0.6 is 11.3 Å². The number of pyridine rings is 1. The van der Waals surface area contributed by atoms with E-state index >= 15 is 0 Å². The number of nitrogens with one attached hydrogen (secondary N) is 1. The molecule has 4 rings (SSSR count). The van der Waals surface area contributed by atoms with E-state index in [-0.39, 0.29) is 11.2 Å². The van der Waals surface area contributed by atoms with Crippen LogP contribution in [0.4, 0.5) is 0 Å². The number of fused-ring (bicyclic) bond motifs is 5. The zero-order chi connectivity index (χ0) is 13.0. The minimum Gasteiger partial charge on any atom is -0.504 e. The maximum absolute atomic E-state index is 11.7. The average Bonchev–Trinajstić information content (AvgIpc) is 2.88. The van der Waals surface area contributed by atoms with Gasteiger partial charge in [0.25, 0.3) is 0 Å². The molecule has 4 heteroatoms. The van der Waals surface area contributed by atoms with Gasteiger partial charge in [-0.15, -0.1) is 11.3 Å². The van der Waals surface area contributed by atoms with Crippen molar-refractivity contribution in [3.8, 4) is 5.75 Å². The van der Waals surface area contributed by atoms with Gasteiger partial charge in [0, 0.05) is 22.5 Å². The van der Waals surface area contributed by atoms with Crippen molar-refractivity contribution in [2.45, 2.75) is 0 Å². The summed E-state index contributed by atoms with van der Waals surface area (Å²) in [5, 5.41) is 15.5. The second-order valence-corrected chi connectivity index (χ2v) is 5.46. The van der Waals surface area contributed by atoms with Gasteiger partial charge in [-0.3, -0.25) is 4.79 Å². The Hall–Kier alpha value is -2.33. The topological polar surface area (TPSA) is 53.1 Å². The first-order valence-corrected chi connectivity index (χ1v) is 6.76. The van der Waals surface area contributed by atoms with E-state index in [2.05, 4.69) is 11.1 Å². The zero-order valence-corrected chi connectivity index (χ0v) is 10.6. The van der Waals surface area contributed by atoms with Crippen LogP contribution in [-0.2, 0) is 0 Å². The Morgan fingerprint density at radius 1 is 1.11 bits per heavy atom. The average molecular weight is 267 g/mol. The number of hydrogen-bond acceptors (Lipinski definition) is 3. The van der Waals surface area contributed by atoms with Gasteiger partial charge in [0.05, 0.1) is 4.70 Å². The predicted molar refractivity (Wildman–Crippen MR) is 79.1 cm³/mol. The van der Waals surface area contributed by atoms with Gasteiger partial charge < -0.3 is 10.1 Å². The van der Waals surface area contributed by atoms with Crippen LogP contribution in [0.3, 0.4) is 0 Å². The fourth-order valence-electron chi connectivity index (χ4n) is 2.53. The van der Waals surface area contributed by atoms with Gasteiger partial charge in [0.1, 0.15) is 0 Å². The minimum absolute atomic E-state index is 0.201. The molecule has 0 aliphatic carbocycles. The second kappa shape index (κ2) is 3.59. The number of H-pyrrole nitrogens is 1. The molecule has 0 amide bonds. The lowest BCUT2D eigenvalue weighted by Gasteiger charge is -2.05. The van der Waals surface area contributed by atoms with Gasteiger partial charge in [0.15, 0.2) is 5.75 Å². The Kier molecular flexibility index (Phi) is 2.00. The van der Waals surface area contributed by atoms with Crippen molar-refractivity contribution in [3.63, 3.8) is 0 Å². The van der Waals surface area contributed by atoms with Gasteiger partial charge in [-0.25, -0.2) is 0 Å². The quantitative estimate of drug-likeness (QED) is 0.478. The van der Waals surface area contributed by atoms with Gasteiger partial charge in [0.2, 0.25) is 5.43 Å². The van der Waals surface area contributed by atoms with E-state index in [0.29, 0.717) is 0 Å². The molecule has 0 spiro atoms. The lowest BCUT2D eigenvalue weighted by atomic mass is 10.0. The van der Waals surface area contributed by atoms with Crippen molar-refractivity contribution in [1.29, 1.82) is 0 Å². The van der Waals surface area contributed by atoms with Crippen LogP contribution in [0, 0.1) is 0 Å². The highest BCUT2D eigenvalue weighted by atomic mass is 32.1. The maximum atomic E-state index is 11.7. The first kappa shape index (κ1) is 10.6. The SMILES string of the molecule is O=c1cc2c(ccc3[nH]cc4sccc4c32)cc1O. The molecule has 0 bridgehead atoms. The molecule has 0 atom stereocenters. The van der Waals surface area contributed by atoms with Crippen LogP contribution in [0.2, 0.25) is 0 Å². The third-order valence-electron chi connectivity index (χ3n) is 3.42. The molecule has 2 aromatic heterocycles. The number of benzene rings is 2. The molecule has 0 aliphatic rings. The summed E-state index contributed by atoms with van der Waals surface area (Å²) in [5.41, 5.74) is 0.649. The molecule has 4 aromatic rings. The van der Waals surface area contributed by atoms with E-state index in [9.17, 15) is 9.90 Å². The second-order valence-electron chi connectivity index (χ2n) is 4.52. The van der Waals surface area contributed by atoms with Crippen LogP contribution in [0.1, 0.15) is 0 Å². The molecule has 0 unspecified atom stereocenters. The lowest BCUT2D eigenvalue weighted by molar-refractivity contribution is 0.471. The number of phenolic OH excluding ortho intramolecular Hbond substituents is 1. The van der Waals surface area contributed by atoms with Crippen molar-refractivity contribution < 1.29 is 5.11 Å². The van der Waals surface area contributed by atoms with Gasteiger partial charge >= 0.3 is 0 Å². The molecule has 0 aliphatic heterocycles. The van der Waals surface area contributed by atoms with Crippen molar-refractivity contribution in [3.05, 3.63) is 52.1 Å². The summed E-state index contributed by atoms with van der Waals surface area (Å²) >= 11 is 1.66. The summed E-state index contributed by atoms with van der Waals surface area (Å²) in [6.07, 6.45) is 1.98. The van der Waals surface area contributed by atoms with E-state index in [0.717, 1.165) is 31.8 Å². The number of aromatic amines is 1.